The lowest BCUT2D eigenvalue weighted by Crippen LogP contribution is -2.21. The summed E-state index contributed by atoms with van der Waals surface area (Å²) in [6, 6.07) is 2.89. The van der Waals surface area contributed by atoms with Crippen molar-refractivity contribution in [3.8, 4) is 0 Å². The molecule has 1 atom stereocenters. The van der Waals surface area contributed by atoms with Gasteiger partial charge in [-0.05, 0) is 24.3 Å². The number of nitrogens with one attached hydrogen (secondary N) is 1. The topological polar surface area (TPSA) is 29.9 Å². The fourth-order valence-corrected chi connectivity index (χ4v) is 1.95. The van der Waals surface area contributed by atoms with Gasteiger partial charge in [0.05, 0.1) is 11.4 Å². The molecule has 1 saturated carbocycles. The molecular weight excluding hydrogens is 186 g/mol. The van der Waals surface area contributed by atoms with Gasteiger partial charge in [0.2, 0.25) is 0 Å². The average molecular weight is 207 g/mol. The highest BCUT2D eigenvalue weighted by molar-refractivity contribution is 5.11. The molecule has 1 aromatic heterocycles. The number of aryl methyl sites for hydroxylation is 2. The molecule has 15 heavy (non-hydrogen) atoms. The Morgan fingerprint density at radius 3 is 2.73 bits per heavy atom. The molecule has 1 N–H and O–H groups in total. The van der Waals surface area contributed by atoms with Crippen LogP contribution >= 0.6 is 0 Å². The highest BCUT2D eigenvalue weighted by atomic mass is 15.3. The Labute approximate surface area is 91.9 Å². The third-order valence-corrected chi connectivity index (χ3v) is 3.43. The first-order valence-corrected chi connectivity index (χ1v) is 5.78. The van der Waals surface area contributed by atoms with Gasteiger partial charge < -0.3 is 5.32 Å². The van der Waals surface area contributed by atoms with Crippen LogP contribution in [-0.2, 0) is 20.0 Å². The Kier molecular flexibility index (Phi) is 2.59. The van der Waals surface area contributed by atoms with Crippen molar-refractivity contribution < 1.29 is 0 Å². The molecule has 2 rings (SSSR count). The van der Waals surface area contributed by atoms with Crippen molar-refractivity contribution >= 4 is 0 Å². The van der Waals surface area contributed by atoms with E-state index >= 15 is 0 Å². The van der Waals surface area contributed by atoms with Crippen molar-refractivity contribution in [1.29, 1.82) is 0 Å². The minimum Gasteiger partial charge on any atom is -0.308 e. The van der Waals surface area contributed by atoms with E-state index in [0.717, 1.165) is 13.0 Å². The van der Waals surface area contributed by atoms with E-state index in [2.05, 4.69) is 37.3 Å². The van der Waals surface area contributed by atoms with Crippen molar-refractivity contribution in [3.05, 3.63) is 17.5 Å². The van der Waals surface area contributed by atoms with E-state index in [-0.39, 0.29) is 0 Å². The van der Waals surface area contributed by atoms with E-state index in [9.17, 15) is 0 Å². The second-order valence-electron chi connectivity index (χ2n) is 5.23. The third-order valence-electron chi connectivity index (χ3n) is 3.43. The SMILES string of the molecule is CCc1cc(CNC2CC2(C)C)n(C)n1. The molecule has 1 heterocycles. The van der Waals surface area contributed by atoms with Crippen LogP contribution in [0.25, 0.3) is 0 Å². The average Bonchev–Trinajstić information content (AvgIpc) is 2.62. The van der Waals surface area contributed by atoms with Gasteiger partial charge in [-0.3, -0.25) is 4.68 Å². The molecule has 84 valence electrons. The summed E-state index contributed by atoms with van der Waals surface area (Å²) in [5.41, 5.74) is 2.98. The first-order valence-electron chi connectivity index (χ1n) is 5.78. The summed E-state index contributed by atoms with van der Waals surface area (Å²) in [4.78, 5) is 0. The zero-order valence-electron chi connectivity index (χ0n) is 10.2. The molecule has 1 unspecified atom stereocenters. The third kappa shape index (κ3) is 2.23. The second kappa shape index (κ2) is 3.63. The van der Waals surface area contributed by atoms with Crippen molar-refractivity contribution in [1.82, 2.24) is 15.1 Å². The molecule has 1 aromatic rings. The molecule has 1 aliphatic carbocycles. The Morgan fingerprint density at radius 2 is 2.27 bits per heavy atom. The highest BCUT2D eigenvalue weighted by Crippen LogP contribution is 2.44. The van der Waals surface area contributed by atoms with Gasteiger partial charge in [-0.2, -0.15) is 5.10 Å². The molecule has 0 saturated heterocycles. The first kappa shape index (κ1) is 10.7. The van der Waals surface area contributed by atoms with Crippen molar-refractivity contribution in [2.45, 2.75) is 46.2 Å². The quantitative estimate of drug-likeness (QED) is 0.817. The Balaban J connectivity index is 1.91. The van der Waals surface area contributed by atoms with E-state index in [1.165, 1.54) is 17.8 Å². The maximum atomic E-state index is 4.44. The lowest BCUT2D eigenvalue weighted by molar-refractivity contribution is 0.529. The summed E-state index contributed by atoms with van der Waals surface area (Å²) in [6.45, 7) is 7.71. The summed E-state index contributed by atoms with van der Waals surface area (Å²) in [7, 11) is 2.02. The predicted molar refractivity (Wildman–Crippen MR) is 61.6 cm³/mol. The number of aromatic nitrogens is 2. The summed E-state index contributed by atoms with van der Waals surface area (Å²) < 4.78 is 1.99. The maximum absolute atomic E-state index is 4.44. The van der Waals surface area contributed by atoms with Gasteiger partial charge in [-0.1, -0.05) is 20.8 Å². The normalized spacial score (nSPS) is 23.1. The van der Waals surface area contributed by atoms with Crippen LogP contribution in [0, 0.1) is 5.41 Å². The van der Waals surface area contributed by atoms with E-state index < -0.39 is 0 Å². The lowest BCUT2D eigenvalue weighted by Gasteiger charge is -2.06. The molecule has 1 aliphatic rings. The lowest BCUT2D eigenvalue weighted by atomic mass is 10.2. The van der Waals surface area contributed by atoms with E-state index in [4.69, 9.17) is 0 Å². The van der Waals surface area contributed by atoms with Gasteiger partial charge in [0.25, 0.3) is 0 Å². The monoisotopic (exact) mass is 207 g/mol. The molecule has 1 fully saturated rings. The van der Waals surface area contributed by atoms with Crippen LogP contribution in [0.4, 0.5) is 0 Å². The molecule has 0 amide bonds. The molecule has 0 aliphatic heterocycles. The van der Waals surface area contributed by atoms with Crippen LogP contribution in [0.1, 0.15) is 38.6 Å². The summed E-state index contributed by atoms with van der Waals surface area (Å²) >= 11 is 0. The van der Waals surface area contributed by atoms with Crippen LogP contribution in [0.15, 0.2) is 6.07 Å². The van der Waals surface area contributed by atoms with Crippen LogP contribution in [0.2, 0.25) is 0 Å². The number of hydrogen-bond acceptors (Lipinski definition) is 2. The standard InChI is InChI=1S/C12H21N3/c1-5-9-6-10(15(4)14-9)8-13-11-7-12(11,2)3/h6,11,13H,5,7-8H2,1-4H3. The van der Waals surface area contributed by atoms with E-state index in [1.807, 2.05) is 11.7 Å². The zero-order chi connectivity index (χ0) is 11.1. The van der Waals surface area contributed by atoms with E-state index in [1.54, 1.807) is 0 Å². The minimum absolute atomic E-state index is 0.506. The molecular formula is C12H21N3. The predicted octanol–water partition coefficient (Wildman–Crippen LogP) is 1.87. The number of nitrogens with zero attached hydrogens (tertiary/aromatic N) is 2. The minimum atomic E-state index is 0.506. The highest BCUT2D eigenvalue weighted by Gasteiger charge is 2.45. The molecule has 0 aromatic carbocycles. The van der Waals surface area contributed by atoms with Crippen LogP contribution < -0.4 is 5.32 Å². The molecule has 0 radical (unpaired) electrons. The Bertz CT molecular complexity index is 352. The van der Waals surface area contributed by atoms with Crippen molar-refractivity contribution in [2.24, 2.45) is 12.5 Å². The van der Waals surface area contributed by atoms with Gasteiger partial charge in [-0.25, -0.2) is 0 Å². The van der Waals surface area contributed by atoms with Gasteiger partial charge in [-0.15, -0.1) is 0 Å². The van der Waals surface area contributed by atoms with Gasteiger partial charge >= 0.3 is 0 Å². The zero-order valence-corrected chi connectivity index (χ0v) is 10.2. The molecule has 3 nitrogen and oxygen atoms in total. The fourth-order valence-electron chi connectivity index (χ4n) is 1.95. The number of hydrogen-bond donors (Lipinski definition) is 1. The second-order valence-corrected chi connectivity index (χ2v) is 5.23. The van der Waals surface area contributed by atoms with Crippen LogP contribution in [-0.4, -0.2) is 15.8 Å². The number of rotatable bonds is 4. The van der Waals surface area contributed by atoms with E-state index in [0.29, 0.717) is 11.5 Å². The maximum Gasteiger partial charge on any atom is 0.0625 e. The Morgan fingerprint density at radius 1 is 1.60 bits per heavy atom. The van der Waals surface area contributed by atoms with Gasteiger partial charge in [0, 0.05) is 19.6 Å². The van der Waals surface area contributed by atoms with Crippen LogP contribution in [0.3, 0.4) is 0 Å². The van der Waals surface area contributed by atoms with Gasteiger partial charge in [0.1, 0.15) is 0 Å². The van der Waals surface area contributed by atoms with Crippen molar-refractivity contribution in [2.75, 3.05) is 0 Å². The smallest absolute Gasteiger partial charge is 0.0625 e. The van der Waals surface area contributed by atoms with Crippen LogP contribution in [0.5, 0.6) is 0 Å². The molecule has 0 spiro atoms. The van der Waals surface area contributed by atoms with Crippen molar-refractivity contribution in [3.63, 3.8) is 0 Å². The van der Waals surface area contributed by atoms with Gasteiger partial charge in [0.15, 0.2) is 0 Å². The largest absolute Gasteiger partial charge is 0.308 e. The summed E-state index contributed by atoms with van der Waals surface area (Å²) in [6.07, 6.45) is 2.31. The first-order chi connectivity index (χ1) is 7.03. The summed E-state index contributed by atoms with van der Waals surface area (Å²) in [5.74, 6) is 0. The Hall–Kier alpha value is -0.830. The molecule has 0 bridgehead atoms. The summed E-state index contributed by atoms with van der Waals surface area (Å²) in [5, 5.41) is 8.02. The molecule has 3 heteroatoms. The fraction of sp³-hybridized carbons (Fsp3) is 0.750.